The van der Waals surface area contributed by atoms with Crippen LogP contribution in [0.25, 0.3) is 11.5 Å². The molecule has 4 rings (SSSR count). The number of halogens is 4. The molecule has 2 aromatic carbocycles. The second-order valence-corrected chi connectivity index (χ2v) is 8.90. The van der Waals surface area contributed by atoms with Gasteiger partial charge in [-0.15, -0.1) is 0 Å². The zero-order valence-corrected chi connectivity index (χ0v) is 20.5. The van der Waals surface area contributed by atoms with E-state index in [1.165, 1.54) is 25.1 Å². The third-order valence-electron chi connectivity index (χ3n) is 5.81. The summed E-state index contributed by atoms with van der Waals surface area (Å²) in [6.45, 7) is -1.27. The van der Waals surface area contributed by atoms with Crippen molar-refractivity contribution in [3.63, 3.8) is 0 Å². The van der Waals surface area contributed by atoms with E-state index in [0.29, 0.717) is 18.6 Å². The first-order valence-corrected chi connectivity index (χ1v) is 11.8. The fourth-order valence-corrected chi connectivity index (χ4v) is 3.67. The predicted molar refractivity (Wildman–Crippen MR) is 128 cm³/mol. The van der Waals surface area contributed by atoms with Crippen LogP contribution >= 0.6 is 0 Å². The predicted octanol–water partition coefficient (Wildman–Crippen LogP) is 3.49. The molecule has 3 aromatic rings. The first kappa shape index (κ1) is 27.9. The minimum Gasteiger partial charge on any atom is -0.489 e. The molecule has 10 nitrogen and oxygen atoms in total. The average Bonchev–Trinajstić information content (AvgIpc) is 3.61. The van der Waals surface area contributed by atoms with Gasteiger partial charge in [0, 0.05) is 17.2 Å². The molecule has 0 bridgehead atoms. The molecule has 1 aromatic heterocycles. The Morgan fingerprint density at radius 1 is 1.15 bits per heavy atom. The van der Waals surface area contributed by atoms with E-state index in [2.05, 4.69) is 15.0 Å². The normalized spacial score (nSPS) is 14.6. The first-order chi connectivity index (χ1) is 18.6. The monoisotopic (exact) mass is 551 g/mol. The number of aromatic nitrogens is 1. The van der Waals surface area contributed by atoms with Gasteiger partial charge in [0.2, 0.25) is 5.89 Å². The van der Waals surface area contributed by atoms with E-state index in [-0.39, 0.29) is 40.0 Å². The summed E-state index contributed by atoms with van der Waals surface area (Å²) in [5.74, 6) is 1.20. The molecule has 0 radical (unpaired) electrons. The highest BCUT2D eigenvalue weighted by molar-refractivity contribution is 5.97. The fourth-order valence-electron chi connectivity index (χ4n) is 3.67. The van der Waals surface area contributed by atoms with Gasteiger partial charge in [-0.3, -0.25) is 15.0 Å². The van der Waals surface area contributed by atoms with Gasteiger partial charge in [0.1, 0.15) is 17.7 Å². The van der Waals surface area contributed by atoms with Crippen molar-refractivity contribution in [3.8, 4) is 23.0 Å². The highest BCUT2D eigenvalue weighted by Crippen LogP contribution is 2.37. The SMILES string of the molecule is C[C@H](N)c1oc(-c2ccc(OC(F)F)c(OCC3CC3)c2)nc1C(=O)N[C@@H](C(=O)NN)c1ccc(F)cc1F. The largest absolute Gasteiger partial charge is 0.489 e. The van der Waals surface area contributed by atoms with E-state index < -0.39 is 42.1 Å². The zero-order chi connectivity index (χ0) is 28.3. The lowest BCUT2D eigenvalue weighted by molar-refractivity contribution is -0.123. The van der Waals surface area contributed by atoms with Gasteiger partial charge >= 0.3 is 6.61 Å². The van der Waals surface area contributed by atoms with Gasteiger partial charge in [-0.1, -0.05) is 6.07 Å². The molecule has 1 aliphatic rings. The summed E-state index contributed by atoms with van der Waals surface area (Å²) in [5, 5.41) is 2.30. The third-order valence-corrected chi connectivity index (χ3v) is 5.81. The molecule has 208 valence electrons. The minimum absolute atomic E-state index is 0.0257. The minimum atomic E-state index is -3.08. The molecule has 0 unspecified atom stereocenters. The number of hydrogen-bond acceptors (Lipinski definition) is 8. The number of hydrogen-bond donors (Lipinski definition) is 4. The van der Waals surface area contributed by atoms with Gasteiger partial charge in [0.05, 0.1) is 12.6 Å². The molecule has 2 amide bonds. The van der Waals surface area contributed by atoms with Gasteiger partial charge in [-0.25, -0.2) is 19.6 Å². The van der Waals surface area contributed by atoms with E-state index in [1.807, 2.05) is 5.43 Å². The summed E-state index contributed by atoms with van der Waals surface area (Å²) in [4.78, 5) is 29.7. The second-order valence-electron chi connectivity index (χ2n) is 8.90. The smallest absolute Gasteiger partial charge is 0.387 e. The van der Waals surface area contributed by atoms with Crippen molar-refractivity contribution in [1.29, 1.82) is 0 Å². The highest BCUT2D eigenvalue weighted by atomic mass is 19.3. The van der Waals surface area contributed by atoms with E-state index >= 15 is 0 Å². The third kappa shape index (κ3) is 6.64. The Labute approximate surface area is 219 Å². The Morgan fingerprint density at radius 3 is 2.51 bits per heavy atom. The topological polar surface area (TPSA) is 155 Å². The summed E-state index contributed by atoms with van der Waals surface area (Å²) in [5.41, 5.74) is 7.35. The summed E-state index contributed by atoms with van der Waals surface area (Å²) in [6, 6.07) is 3.92. The number of carbonyl (C=O) groups excluding carboxylic acids is 2. The van der Waals surface area contributed by atoms with Crippen LogP contribution < -0.4 is 31.8 Å². The second kappa shape index (κ2) is 11.7. The Hall–Kier alpha value is -4.17. The molecular weight excluding hydrogens is 526 g/mol. The van der Waals surface area contributed by atoms with Crippen LogP contribution in [0.3, 0.4) is 0 Å². The van der Waals surface area contributed by atoms with Crippen molar-refractivity contribution in [2.45, 2.75) is 38.5 Å². The molecule has 1 saturated carbocycles. The molecule has 1 heterocycles. The van der Waals surface area contributed by atoms with E-state index in [1.54, 1.807) is 0 Å². The summed E-state index contributed by atoms with van der Waals surface area (Å²) in [6.07, 6.45) is 1.93. The number of nitrogens with one attached hydrogen (secondary N) is 2. The number of hydrazine groups is 1. The summed E-state index contributed by atoms with van der Waals surface area (Å²) < 4.78 is 69.5. The lowest BCUT2D eigenvalue weighted by Crippen LogP contribution is -2.43. The van der Waals surface area contributed by atoms with Crippen LogP contribution in [-0.4, -0.2) is 30.0 Å². The molecule has 1 aliphatic carbocycles. The molecule has 2 atom stereocenters. The number of amides is 2. The molecule has 0 saturated heterocycles. The van der Waals surface area contributed by atoms with Gasteiger partial charge in [0.25, 0.3) is 11.8 Å². The van der Waals surface area contributed by atoms with Gasteiger partial charge in [-0.05, 0) is 49.9 Å². The van der Waals surface area contributed by atoms with E-state index in [0.717, 1.165) is 25.0 Å². The maximum absolute atomic E-state index is 14.4. The maximum Gasteiger partial charge on any atom is 0.387 e. The lowest BCUT2D eigenvalue weighted by Gasteiger charge is -2.18. The number of alkyl halides is 2. The first-order valence-electron chi connectivity index (χ1n) is 11.8. The van der Waals surface area contributed by atoms with Crippen LogP contribution in [-0.2, 0) is 4.79 Å². The van der Waals surface area contributed by atoms with Crippen molar-refractivity contribution in [1.82, 2.24) is 15.7 Å². The lowest BCUT2D eigenvalue weighted by atomic mass is 10.0. The molecule has 6 N–H and O–H groups in total. The molecule has 1 fully saturated rings. The van der Waals surface area contributed by atoms with Crippen LogP contribution in [0.15, 0.2) is 40.8 Å². The Bertz CT molecular complexity index is 1360. The van der Waals surface area contributed by atoms with Crippen LogP contribution in [0.4, 0.5) is 17.6 Å². The van der Waals surface area contributed by atoms with E-state index in [9.17, 15) is 27.2 Å². The van der Waals surface area contributed by atoms with Crippen LogP contribution in [0, 0.1) is 17.6 Å². The van der Waals surface area contributed by atoms with E-state index in [4.69, 9.17) is 20.7 Å². The molecule has 14 heteroatoms. The summed E-state index contributed by atoms with van der Waals surface area (Å²) >= 11 is 0. The Kier molecular flexibility index (Phi) is 8.35. The number of carbonyl (C=O) groups is 2. The fraction of sp³-hybridized carbons (Fsp3) is 0.320. The number of oxazole rings is 1. The van der Waals surface area contributed by atoms with Crippen molar-refractivity contribution in [2.75, 3.05) is 6.61 Å². The quantitative estimate of drug-likeness (QED) is 0.122. The molecule has 0 aliphatic heterocycles. The Morgan fingerprint density at radius 2 is 1.90 bits per heavy atom. The standard InChI is InChI=1S/C25H25F4N5O5/c1-11(30)21-20(22(35)32-19(23(36)34-31)15-6-5-14(26)9-16(15)27)33-24(39-21)13-4-7-17(38-25(28)29)18(8-13)37-10-12-2-3-12/h4-9,11-12,19,25H,2-3,10,30-31H2,1H3,(H,32,35)(H,34,36)/t11-,19+/m0/s1. The zero-order valence-electron chi connectivity index (χ0n) is 20.5. The van der Waals surface area contributed by atoms with Crippen molar-refractivity contribution < 1.29 is 41.0 Å². The maximum atomic E-state index is 14.4. The van der Waals surface area contributed by atoms with Crippen molar-refractivity contribution >= 4 is 11.8 Å². The molecular formula is C25H25F4N5O5. The highest BCUT2D eigenvalue weighted by Gasteiger charge is 2.30. The van der Waals surface area contributed by atoms with Crippen LogP contribution in [0.1, 0.15) is 53.7 Å². The van der Waals surface area contributed by atoms with Crippen LogP contribution in [0.2, 0.25) is 0 Å². The van der Waals surface area contributed by atoms with Crippen molar-refractivity contribution in [3.05, 3.63) is 65.1 Å². The number of benzene rings is 2. The Balaban J connectivity index is 1.66. The number of ether oxygens (including phenoxy) is 2. The number of nitrogens with two attached hydrogens (primary N) is 2. The van der Waals surface area contributed by atoms with Crippen LogP contribution in [0.5, 0.6) is 11.5 Å². The molecule has 39 heavy (non-hydrogen) atoms. The molecule has 0 spiro atoms. The summed E-state index contributed by atoms with van der Waals surface area (Å²) in [7, 11) is 0. The van der Waals surface area contributed by atoms with Gasteiger partial charge in [-0.2, -0.15) is 8.78 Å². The number of nitrogens with zero attached hydrogens (tertiary/aromatic N) is 1. The van der Waals surface area contributed by atoms with Gasteiger partial charge < -0.3 is 24.9 Å². The van der Waals surface area contributed by atoms with Gasteiger partial charge in [0.15, 0.2) is 23.0 Å². The average molecular weight is 551 g/mol. The number of rotatable bonds is 11. The van der Waals surface area contributed by atoms with Crippen molar-refractivity contribution in [2.24, 2.45) is 17.5 Å².